The standard InChI is InChI=1S/C20H26NO7PS2.C7H15N2OPS.CO2.CH4/c1-2-4-14(23)9-15-18(25)21-17(20(26)27)12(11-31-19(15)21)10-28-16(24)6-3-5-13(22)7-8-29-30;8-4-1-2-5-9-7(10)3-6-11-12;2-1-3;/h15,19H,2-11H2,1H3,(H,26,27);1-6,8H2,(H,9,10);;1H4/p-1. The van der Waals surface area contributed by atoms with Crippen LogP contribution in [-0.4, -0.2) is 89.5 Å². The predicted molar refractivity (Wildman–Crippen MR) is 184 cm³/mol. The minimum atomic E-state index is -1.50. The molecule has 2 unspecified atom stereocenters. The molecule has 47 heavy (non-hydrogen) atoms. The monoisotopic (exact) mass is 752 g/mol. The van der Waals surface area contributed by atoms with Crippen molar-refractivity contribution < 1.29 is 48.2 Å². The van der Waals surface area contributed by atoms with Crippen LogP contribution in [0.3, 0.4) is 0 Å². The van der Waals surface area contributed by atoms with E-state index in [9.17, 15) is 33.9 Å². The number of Topliss-reactive ketones (excluding diaryl/α,β-unsaturated/α-hetero) is 2. The van der Waals surface area contributed by atoms with Gasteiger partial charge in [0.05, 0.1) is 23.0 Å². The van der Waals surface area contributed by atoms with E-state index in [1.54, 1.807) is 0 Å². The van der Waals surface area contributed by atoms with Crippen LogP contribution in [0, 0.1) is 5.92 Å². The Morgan fingerprint density at radius 2 is 1.66 bits per heavy atom. The van der Waals surface area contributed by atoms with E-state index in [1.165, 1.54) is 11.8 Å². The van der Waals surface area contributed by atoms with Crippen LogP contribution in [0.25, 0.3) is 0 Å². The third-order valence-electron chi connectivity index (χ3n) is 6.44. The SMILES string of the molecule is C.CCCC(=O)CC1C(=O)N2C(C(=O)[O-])=C(COC(=O)CCCC(=O)CCP=S)CSC12.NCCCCNC(=O)CCP=S.O=C=O. The van der Waals surface area contributed by atoms with E-state index < -0.39 is 29.1 Å². The highest BCUT2D eigenvalue weighted by Gasteiger charge is 2.52. The van der Waals surface area contributed by atoms with Crippen LogP contribution < -0.4 is 16.2 Å². The van der Waals surface area contributed by atoms with Crippen molar-refractivity contribution in [1.82, 2.24) is 10.2 Å². The topological polar surface area (TPSA) is 210 Å². The molecule has 2 amide bonds. The molecule has 2 atom stereocenters. The fourth-order valence-electron chi connectivity index (χ4n) is 4.24. The normalized spacial score (nSPS) is 16.1. The number of ether oxygens (including phenoxy) is 1. The summed E-state index contributed by atoms with van der Waals surface area (Å²) >= 11 is 10.8. The summed E-state index contributed by atoms with van der Waals surface area (Å²) in [5, 5.41) is 14.1. The van der Waals surface area contributed by atoms with Crippen molar-refractivity contribution in [2.45, 2.75) is 83.9 Å². The second-order valence-electron chi connectivity index (χ2n) is 9.94. The molecule has 3 N–H and O–H groups in total. The highest BCUT2D eigenvalue weighted by Crippen LogP contribution is 2.45. The average molecular weight is 753 g/mol. The zero-order valence-corrected chi connectivity index (χ0v) is 29.9. The van der Waals surface area contributed by atoms with Gasteiger partial charge >= 0.3 is 12.1 Å². The lowest BCUT2D eigenvalue weighted by molar-refractivity contribution is -0.302. The van der Waals surface area contributed by atoms with E-state index in [1.807, 2.05) is 6.92 Å². The number of carboxylic acid groups (broad SMARTS) is 1. The fourth-order valence-corrected chi connectivity index (χ4v) is 6.82. The molecular formula is C29H44N3O10P2S3-. The van der Waals surface area contributed by atoms with E-state index in [4.69, 9.17) is 43.7 Å². The smallest absolute Gasteiger partial charge is 0.373 e. The van der Waals surface area contributed by atoms with Gasteiger partial charge in [0, 0.05) is 68.7 Å². The van der Waals surface area contributed by atoms with E-state index in [-0.39, 0.29) is 68.4 Å². The molecule has 2 aliphatic heterocycles. The number of nitrogens with two attached hydrogens (primary N) is 1. The van der Waals surface area contributed by atoms with Gasteiger partial charge in [0.25, 0.3) is 0 Å². The number of amides is 2. The number of thioether (sulfide) groups is 1. The quantitative estimate of drug-likeness (QED) is 0.0745. The summed E-state index contributed by atoms with van der Waals surface area (Å²) in [7, 11) is 1.61. The Kier molecular flexibility index (Phi) is 28.6. The fraction of sp³-hybridized carbons (Fsp3) is 0.690. The molecule has 264 valence electrons. The van der Waals surface area contributed by atoms with E-state index in [2.05, 4.69) is 5.32 Å². The Morgan fingerprint density at radius 1 is 1.02 bits per heavy atom. The molecule has 0 aliphatic carbocycles. The number of β-lactam (4-membered cyclic amide) rings is 1. The van der Waals surface area contributed by atoms with Crippen LogP contribution in [0.5, 0.6) is 0 Å². The highest BCUT2D eigenvalue weighted by molar-refractivity contribution is 8.00. The first-order chi connectivity index (χ1) is 22.0. The molecule has 18 heteroatoms. The molecule has 2 aliphatic rings. The van der Waals surface area contributed by atoms with Crippen LogP contribution >= 0.6 is 26.5 Å². The van der Waals surface area contributed by atoms with Crippen LogP contribution in [0.4, 0.5) is 0 Å². The molecule has 2 heterocycles. The number of carboxylic acids is 1. The lowest BCUT2D eigenvalue weighted by atomic mass is 9.89. The summed E-state index contributed by atoms with van der Waals surface area (Å²) in [6.45, 7) is 3.06. The molecule has 2 rings (SSSR count). The third kappa shape index (κ3) is 19.3. The Hall–Kier alpha value is -2.31. The Labute approximate surface area is 293 Å². The molecule has 0 saturated carbocycles. The number of fused-ring (bicyclic) bond motifs is 1. The van der Waals surface area contributed by atoms with Gasteiger partial charge < -0.3 is 25.7 Å². The Balaban J connectivity index is 0. The maximum atomic E-state index is 12.5. The van der Waals surface area contributed by atoms with Crippen LogP contribution in [0.15, 0.2) is 11.3 Å². The second-order valence-corrected chi connectivity index (χ2v) is 14.0. The molecule has 0 aromatic carbocycles. The van der Waals surface area contributed by atoms with Crippen LogP contribution in [-0.2, 0) is 66.7 Å². The van der Waals surface area contributed by atoms with Gasteiger partial charge in [-0.1, -0.05) is 38.0 Å². The number of hydrogen-bond donors (Lipinski definition) is 2. The summed E-state index contributed by atoms with van der Waals surface area (Å²) < 4.78 is 5.17. The van der Waals surface area contributed by atoms with E-state index in [0.717, 1.165) is 45.2 Å². The molecule has 13 nitrogen and oxygen atoms in total. The average Bonchev–Trinajstić information content (AvgIpc) is 3.02. The number of esters is 1. The molecule has 0 spiro atoms. The largest absolute Gasteiger partial charge is 0.543 e. The maximum Gasteiger partial charge on any atom is 0.373 e. The first-order valence-corrected chi connectivity index (χ1v) is 19.9. The van der Waals surface area contributed by atoms with Crippen LogP contribution in [0.1, 0.15) is 78.6 Å². The third-order valence-corrected chi connectivity index (χ3v) is 9.74. The lowest BCUT2D eigenvalue weighted by Crippen LogP contribution is -2.63. The van der Waals surface area contributed by atoms with Crippen molar-refractivity contribution in [3.8, 4) is 0 Å². The number of unbranched alkanes of at least 4 members (excludes halogenated alkanes) is 1. The van der Waals surface area contributed by atoms with Crippen molar-refractivity contribution in [3.63, 3.8) is 0 Å². The van der Waals surface area contributed by atoms with Gasteiger partial charge in [-0.3, -0.25) is 28.9 Å². The Bertz CT molecular complexity index is 1150. The van der Waals surface area contributed by atoms with E-state index in [0.29, 0.717) is 50.4 Å². The van der Waals surface area contributed by atoms with Crippen molar-refractivity contribution in [1.29, 1.82) is 0 Å². The summed E-state index contributed by atoms with van der Waals surface area (Å²) in [6.07, 6.45) is 6.41. The second kappa shape index (κ2) is 28.7. The molecular weight excluding hydrogens is 708 g/mol. The van der Waals surface area contributed by atoms with Gasteiger partial charge in [0.1, 0.15) is 18.2 Å². The number of carbonyl (C=O) groups is 6. The molecule has 1 saturated heterocycles. The summed E-state index contributed by atoms with van der Waals surface area (Å²) in [4.78, 5) is 88.0. The first-order valence-electron chi connectivity index (χ1n) is 14.6. The van der Waals surface area contributed by atoms with E-state index >= 15 is 0 Å². The van der Waals surface area contributed by atoms with Crippen molar-refractivity contribution in [2.75, 3.05) is 37.8 Å². The minimum Gasteiger partial charge on any atom is -0.543 e. The van der Waals surface area contributed by atoms with Gasteiger partial charge in [-0.25, -0.2) is 0 Å². The van der Waals surface area contributed by atoms with Crippen molar-refractivity contribution in [3.05, 3.63) is 11.3 Å². The number of nitrogens with zero attached hydrogens (tertiary/aromatic N) is 1. The minimum absolute atomic E-state index is 0. The molecule has 0 aromatic heterocycles. The zero-order valence-electron chi connectivity index (χ0n) is 25.7. The summed E-state index contributed by atoms with van der Waals surface area (Å²) in [5.74, 6) is -2.58. The number of hydrogen-bond acceptors (Lipinski definition) is 14. The number of nitrogens with one attached hydrogen (secondary N) is 1. The van der Waals surface area contributed by atoms with Gasteiger partial charge in [0.15, 0.2) is 0 Å². The summed E-state index contributed by atoms with van der Waals surface area (Å²) in [5.41, 5.74) is 5.33. The molecule has 1 fully saturated rings. The summed E-state index contributed by atoms with van der Waals surface area (Å²) in [6, 6.07) is 0. The van der Waals surface area contributed by atoms with Gasteiger partial charge in [0.2, 0.25) is 11.8 Å². The van der Waals surface area contributed by atoms with Gasteiger partial charge in [-0.2, -0.15) is 9.59 Å². The first kappa shape index (κ1) is 46.8. The Morgan fingerprint density at radius 3 is 2.23 bits per heavy atom. The zero-order chi connectivity index (χ0) is 34.9. The number of rotatable bonds is 21. The number of aliphatic carboxylic acids is 1. The van der Waals surface area contributed by atoms with Gasteiger partial charge in [-0.15, -0.1) is 11.8 Å². The predicted octanol–water partition coefficient (Wildman–Crippen LogP) is 2.05. The lowest BCUT2D eigenvalue weighted by Gasteiger charge is -2.50. The van der Waals surface area contributed by atoms with Crippen LogP contribution in [0.2, 0.25) is 0 Å². The van der Waals surface area contributed by atoms with Crippen molar-refractivity contribution in [2.24, 2.45) is 11.7 Å². The molecule has 0 bridgehead atoms. The molecule has 0 radical (unpaired) electrons. The number of ketones is 2. The highest BCUT2D eigenvalue weighted by atomic mass is 32.4. The van der Waals surface area contributed by atoms with Gasteiger partial charge in [-0.05, 0) is 46.9 Å². The maximum absolute atomic E-state index is 12.5. The molecule has 0 aromatic rings. The number of carbonyl (C=O) groups excluding carboxylic acids is 8. The van der Waals surface area contributed by atoms with Crippen molar-refractivity contribution >= 4 is 91.6 Å².